The van der Waals surface area contributed by atoms with Crippen molar-refractivity contribution >= 4 is 23.0 Å². The smallest absolute Gasteiger partial charge is 0.213 e. The van der Waals surface area contributed by atoms with Crippen LogP contribution in [0.2, 0.25) is 0 Å². The average Bonchev–Trinajstić information content (AvgIpc) is 2.76. The number of nitrogens with one attached hydrogen (secondary N) is 1. The minimum atomic E-state index is 0.327. The number of oxazole rings is 1. The van der Waals surface area contributed by atoms with Crippen molar-refractivity contribution in [1.29, 1.82) is 0 Å². The summed E-state index contributed by atoms with van der Waals surface area (Å²) in [7, 11) is 1.84. The monoisotopic (exact) mass is 279 g/mol. The number of rotatable bonds is 4. The lowest BCUT2D eigenvalue weighted by molar-refractivity contribution is 0.477. The van der Waals surface area contributed by atoms with E-state index in [2.05, 4.69) is 15.4 Å². The third kappa shape index (κ3) is 2.60. The zero-order valence-electron chi connectivity index (χ0n) is 11.4. The summed E-state index contributed by atoms with van der Waals surface area (Å²) in [6.45, 7) is 6.14. The van der Waals surface area contributed by atoms with Crippen LogP contribution in [-0.4, -0.2) is 19.8 Å². The quantitative estimate of drug-likeness (QED) is 0.827. The maximum atomic E-state index is 5.72. The maximum Gasteiger partial charge on any atom is 0.213 e. The molecule has 0 aromatic carbocycles. The molecule has 6 nitrogen and oxygen atoms in total. The Balaban J connectivity index is 2.22. The van der Waals surface area contributed by atoms with Crippen LogP contribution >= 0.6 is 12.2 Å². The van der Waals surface area contributed by atoms with Gasteiger partial charge in [-0.3, -0.25) is 4.68 Å². The van der Waals surface area contributed by atoms with Gasteiger partial charge in [0.25, 0.3) is 0 Å². The van der Waals surface area contributed by atoms with Crippen LogP contribution in [0.1, 0.15) is 28.6 Å². The predicted molar refractivity (Wildman–Crippen MR) is 77.1 cm³/mol. The maximum absolute atomic E-state index is 5.72. The summed E-state index contributed by atoms with van der Waals surface area (Å²) in [5.74, 6) is 2.23. The molecule has 2 aromatic rings. The van der Waals surface area contributed by atoms with Gasteiger partial charge in [0.1, 0.15) is 16.6 Å². The van der Waals surface area contributed by atoms with Crippen LogP contribution in [0, 0.1) is 20.8 Å². The number of hydrogen-bond acceptors (Lipinski definition) is 5. The molecular weight excluding hydrogens is 262 g/mol. The van der Waals surface area contributed by atoms with Gasteiger partial charge in [-0.15, -0.1) is 0 Å². The van der Waals surface area contributed by atoms with Crippen molar-refractivity contribution in [3.63, 3.8) is 0 Å². The Labute approximate surface area is 117 Å². The fraction of sp³-hybridized carbons (Fsp3) is 0.417. The van der Waals surface area contributed by atoms with Crippen molar-refractivity contribution in [2.45, 2.75) is 27.3 Å². The first-order chi connectivity index (χ1) is 8.90. The van der Waals surface area contributed by atoms with Gasteiger partial charge >= 0.3 is 0 Å². The highest BCUT2D eigenvalue weighted by Crippen LogP contribution is 2.19. The number of aromatic nitrogens is 3. The topological polar surface area (TPSA) is 81.9 Å². The minimum Gasteiger partial charge on any atom is -0.444 e. The van der Waals surface area contributed by atoms with Crippen LogP contribution < -0.4 is 11.1 Å². The number of aryl methyl sites for hydroxylation is 4. The molecule has 0 aliphatic rings. The Morgan fingerprint density at radius 1 is 1.37 bits per heavy atom. The lowest BCUT2D eigenvalue weighted by atomic mass is 10.2. The first kappa shape index (κ1) is 13.5. The first-order valence-electron chi connectivity index (χ1n) is 5.90. The molecule has 19 heavy (non-hydrogen) atoms. The zero-order valence-corrected chi connectivity index (χ0v) is 12.3. The van der Waals surface area contributed by atoms with E-state index in [9.17, 15) is 0 Å². The molecule has 102 valence electrons. The minimum absolute atomic E-state index is 0.327. The highest BCUT2D eigenvalue weighted by Gasteiger charge is 2.16. The molecule has 0 aliphatic heterocycles. The van der Waals surface area contributed by atoms with Gasteiger partial charge in [-0.2, -0.15) is 5.10 Å². The van der Waals surface area contributed by atoms with Crippen LogP contribution in [0.5, 0.6) is 0 Å². The van der Waals surface area contributed by atoms with Crippen molar-refractivity contribution in [2.24, 2.45) is 12.8 Å². The molecule has 0 spiro atoms. The van der Waals surface area contributed by atoms with Crippen LogP contribution in [0.25, 0.3) is 0 Å². The van der Waals surface area contributed by atoms with E-state index in [0.717, 1.165) is 28.5 Å². The molecule has 0 fully saturated rings. The number of hydrogen-bond donors (Lipinski definition) is 2. The van der Waals surface area contributed by atoms with Gasteiger partial charge in [0, 0.05) is 7.05 Å². The molecule has 0 atom stereocenters. The van der Waals surface area contributed by atoms with E-state index >= 15 is 0 Å². The molecule has 0 saturated carbocycles. The Morgan fingerprint density at radius 3 is 2.58 bits per heavy atom. The van der Waals surface area contributed by atoms with Crippen molar-refractivity contribution < 1.29 is 4.42 Å². The van der Waals surface area contributed by atoms with E-state index in [0.29, 0.717) is 17.4 Å². The Hall–Kier alpha value is -1.89. The Bertz CT molecular complexity index is 609. The van der Waals surface area contributed by atoms with Crippen molar-refractivity contribution in [1.82, 2.24) is 14.8 Å². The number of nitrogens with zero attached hydrogens (tertiary/aromatic N) is 3. The molecule has 7 heteroatoms. The molecule has 2 rings (SSSR count). The van der Waals surface area contributed by atoms with Crippen LogP contribution in [0.3, 0.4) is 0 Å². The lowest BCUT2D eigenvalue weighted by Crippen LogP contribution is -2.14. The Kier molecular flexibility index (Phi) is 3.57. The van der Waals surface area contributed by atoms with Gasteiger partial charge in [-0.1, -0.05) is 12.2 Å². The van der Waals surface area contributed by atoms with E-state index in [-0.39, 0.29) is 0 Å². The van der Waals surface area contributed by atoms with E-state index in [1.54, 1.807) is 4.68 Å². The molecule has 0 amide bonds. The van der Waals surface area contributed by atoms with Gasteiger partial charge in [-0.05, 0) is 20.8 Å². The van der Waals surface area contributed by atoms with Gasteiger partial charge in [0.15, 0.2) is 0 Å². The highest BCUT2D eigenvalue weighted by molar-refractivity contribution is 7.80. The number of thiocarbonyl (C=S) groups is 1. The number of nitrogens with two attached hydrogens (primary N) is 1. The second kappa shape index (κ2) is 5.00. The normalized spacial score (nSPS) is 10.7. The summed E-state index contributed by atoms with van der Waals surface area (Å²) in [5, 5.41) is 7.52. The molecule has 0 radical (unpaired) electrons. The molecule has 2 heterocycles. The molecular formula is C12H17N5OS. The largest absolute Gasteiger partial charge is 0.444 e. The second-order valence-electron chi connectivity index (χ2n) is 4.40. The Morgan fingerprint density at radius 2 is 2.05 bits per heavy atom. The van der Waals surface area contributed by atoms with Gasteiger partial charge in [0.2, 0.25) is 5.89 Å². The van der Waals surface area contributed by atoms with E-state index in [4.69, 9.17) is 22.4 Å². The SMILES string of the molecule is Cc1nc(CNc2c(C(N)=S)c(C)nn2C)oc1C. The van der Waals surface area contributed by atoms with Crippen LogP contribution in [-0.2, 0) is 13.6 Å². The summed E-state index contributed by atoms with van der Waals surface area (Å²) in [4.78, 5) is 4.64. The zero-order chi connectivity index (χ0) is 14.2. The van der Waals surface area contributed by atoms with Crippen molar-refractivity contribution in [3.05, 3.63) is 28.6 Å². The average molecular weight is 279 g/mol. The lowest BCUT2D eigenvalue weighted by Gasteiger charge is -2.07. The summed E-state index contributed by atoms with van der Waals surface area (Å²) >= 11 is 5.05. The molecule has 0 saturated heterocycles. The highest BCUT2D eigenvalue weighted by atomic mass is 32.1. The predicted octanol–water partition coefficient (Wildman–Crippen LogP) is 1.58. The van der Waals surface area contributed by atoms with Crippen molar-refractivity contribution in [2.75, 3.05) is 5.32 Å². The fourth-order valence-corrected chi connectivity index (χ4v) is 2.17. The third-order valence-corrected chi connectivity index (χ3v) is 3.15. The van der Waals surface area contributed by atoms with E-state index in [1.165, 1.54) is 0 Å². The molecule has 3 N–H and O–H groups in total. The summed E-state index contributed by atoms with van der Waals surface area (Å²) in [6, 6.07) is 0. The molecule has 0 aliphatic carbocycles. The van der Waals surface area contributed by atoms with Crippen LogP contribution in [0.4, 0.5) is 5.82 Å². The summed E-state index contributed by atoms with van der Waals surface area (Å²) in [6.07, 6.45) is 0. The van der Waals surface area contributed by atoms with E-state index in [1.807, 2.05) is 27.8 Å². The van der Waals surface area contributed by atoms with Gasteiger partial charge in [-0.25, -0.2) is 4.98 Å². The molecule has 0 bridgehead atoms. The molecule has 2 aromatic heterocycles. The van der Waals surface area contributed by atoms with E-state index < -0.39 is 0 Å². The first-order valence-corrected chi connectivity index (χ1v) is 6.31. The second-order valence-corrected chi connectivity index (χ2v) is 4.84. The van der Waals surface area contributed by atoms with Crippen molar-refractivity contribution in [3.8, 4) is 0 Å². The van der Waals surface area contributed by atoms with Gasteiger partial charge < -0.3 is 15.5 Å². The van der Waals surface area contributed by atoms with Gasteiger partial charge in [0.05, 0.1) is 23.5 Å². The summed E-state index contributed by atoms with van der Waals surface area (Å²) < 4.78 is 7.23. The fourth-order valence-electron chi connectivity index (χ4n) is 1.93. The number of anilines is 1. The molecule has 0 unspecified atom stereocenters. The standard InChI is InChI=1S/C12H17N5OS/c1-6-8(3)18-9(15-6)5-14-12-10(11(13)19)7(2)16-17(12)4/h14H,5H2,1-4H3,(H2,13,19). The van der Waals surface area contributed by atoms with Crippen LogP contribution in [0.15, 0.2) is 4.42 Å². The summed E-state index contributed by atoms with van der Waals surface area (Å²) in [5.41, 5.74) is 8.19. The third-order valence-electron chi connectivity index (χ3n) is 2.95.